The van der Waals surface area contributed by atoms with Crippen molar-refractivity contribution in [3.8, 4) is 0 Å². The van der Waals surface area contributed by atoms with Gasteiger partial charge in [0.25, 0.3) is 0 Å². The highest BCUT2D eigenvalue weighted by Crippen LogP contribution is 2.03. The zero-order chi connectivity index (χ0) is 12.5. The largest absolute Gasteiger partial charge is 0.396 e. The molecule has 0 radical (unpaired) electrons. The van der Waals surface area contributed by atoms with Crippen LogP contribution in [0.4, 0.5) is 0 Å². The average Bonchev–Trinajstić information content (AvgIpc) is 2.73. The second-order valence-corrected chi connectivity index (χ2v) is 4.15. The van der Waals surface area contributed by atoms with E-state index in [1.807, 2.05) is 6.33 Å². The Morgan fingerprint density at radius 3 is 2.35 bits per heavy atom. The van der Waals surface area contributed by atoms with Crippen LogP contribution in [-0.2, 0) is 19.5 Å². The van der Waals surface area contributed by atoms with Crippen molar-refractivity contribution in [1.29, 1.82) is 0 Å². The molecule has 1 heterocycles. The lowest BCUT2D eigenvalue weighted by Crippen LogP contribution is -2.31. The molecule has 1 aromatic rings. The summed E-state index contributed by atoms with van der Waals surface area (Å²) in [6, 6.07) is 0. The lowest BCUT2D eigenvalue weighted by Gasteiger charge is -1.99. The summed E-state index contributed by atoms with van der Waals surface area (Å²) >= 11 is 0. The van der Waals surface area contributed by atoms with E-state index in [1.54, 1.807) is 0 Å². The Kier molecular flexibility index (Phi) is 6.84. The number of hydrogen-bond donors (Lipinski definition) is 3. The summed E-state index contributed by atoms with van der Waals surface area (Å²) in [6.45, 7) is 2.18. The smallest absolute Gasteiger partial charge is 0.243 e. The normalized spacial score (nSPS) is 11.0. The van der Waals surface area contributed by atoms with Crippen LogP contribution in [0.3, 0.4) is 0 Å². The molecular formula is C12H23N2O3+. The van der Waals surface area contributed by atoms with Crippen LogP contribution < -0.4 is 4.57 Å². The predicted molar refractivity (Wildman–Crippen MR) is 63.4 cm³/mol. The topological polar surface area (TPSA) is 69.5 Å². The van der Waals surface area contributed by atoms with E-state index >= 15 is 0 Å². The van der Waals surface area contributed by atoms with E-state index in [0.29, 0.717) is 0 Å². The molecule has 0 bridgehead atoms. The van der Waals surface area contributed by atoms with E-state index in [2.05, 4.69) is 15.3 Å². The summed E-state index contributed by atoms with van der Waals surface area (Å²) in [4.78, 5) is 0. The highest BCUT2D eigenvalue weighted by Gasteiger charge is 2.12. The van der Waals surface area contributed by atoms with Crippen molar-refractivity contribution >= 4 is 0 Å². The van der Waals surface area contributed by atoms with Crippen LogP contribution in [-0.4, -0.2) is 39.7 Å². The molecule has 0 saturated carbocycles. The molecule has 0 aromatic carbocycles. The third-order valence-electron chi connectivity index (χ3n) is 2.69. The Balaban J connectivity index is 2.64. The lowest BCUT2D eigenvalue weighted by atomic mass is 10.2. The molecule has 5 nitrogen and oxygen atoms in total. The molecule has 0 fully saturated rings. The fourth-order valence-corrected chi connectivity index (χ4v) is 1.84. The summed E-state index contributed by atoms with van der Waals surface area (Å²) in [7, 11) is 0. The first kappa shape index (κ1) is 14.2. The van der Waals surface area contributed by atoms with Gasteiger partial charge in [0.1, 0.15) is 11.9 Å². The summed E-state index contributed by atoms with van der Waals surface area (Å²) in [5.41, 5.74) is 1.17. The van der Waals surface area contributed by atoms with Gasteiger partial charge in [-0.25, -0.2) is 9.13 Å². The Labute approximate surface area is 102 Å². The zero-order valence-corrected chi connectivity index (χ0v) is 10.3. The van der Waals surface area contributed by atoms with E-state index in [4.69, 9.17) is 15.3 Å². The van der Waals surface area contributed by atoms with Crippen molar-refractivity contribution in [2.24, 2.45) is 0 Å². The molecule has 1 aromatic heterocycles. The maximum Gasteiger partial charge on any atom is 0.243 e. The third-order valence-corrected chi connectivity index (χ3v) is 2.69. The maximum atomic E-state index is 8.85. The van der Waals surface area contributed by atoms with Crippen LogP contribution in [0.2, 0.25) is 0 Å². The molecule has 98 valence electrons. The number of aromatic nitrogens is 2. The van der Waals surface area contributed by atoms with Crippen molar-refractivity contribution in [1.82, 2.24) is 4.57 Å². The van der Waals surface area contributed by atoms with Gasteiger partial charge >= 0.3 is 0 Å². The van der Waals surface area contributed by atoms with E-state index < -0.39 is 0 Å². The van der Waals surface area contributed by atoms with Crippen LogP contribution >= 0.6 is 0 Å². The van der Waals surface area contributed by atoms with Gasteiger partial charge in [-0.2, -0.15) is 0 Å². The maximum absolute atomic E-state index is 8.85. The van der Waals surface area contributed by atoms with Crippen molar-refractivity contribution in [3.05, 3.63) is 18.2 Å². The minimum Gasteiger partial charge on any atom is -0.396 e. The van der Waals surface area contributed by atoms with Crippen LogP contribution in [0.25, 0.3) is 0 Å². The lowest BCUT2D eigenvalue weighted by molar-refractivity contribution is -0.697. The first-order valence-corrected chi connectivity index (χ1v) is 6.22. The van der Waals surface area contributed by atoms with E-state index in [9.17, 15) is 0 Å². The highest BCUT2D eigenvalue weighted by molar-refractivity contribution is 4.94. The number of rotatable bonds is 9. The Morgan fingerprint density at radius 2 is 1.71 bits per heavy atom. The molecule has 17 heavy (non-hydrogen) atoms. The molecule has 0 spiro atoms. The number of imidazole rings is 1. The standard InChI is InChI=1S/C12H23N2O3/c15-7-1-4-12-10-13(5-2-8-16)11-14(12)6-3-9-17/h10-11,15-17H,1-9H2/q+1. The molecule has 1 rings (SSSR count). The Morgan fingerprint density at radius 1 is 1.00 bits per heavy atom. The molecule has 0 aliphatic rings. The molecule has 0 aliphatic carbocycles. The fourth-order valence-electron chi connectivity index (χ4n) is 1.84. The summed E-state index contributed by atoms with van der Waals surface area (Å²) in [6.07, 6.45) is 7.15. The quantitative estimate of drug-likeness (QED) is 0.510. The average molecular weight is 243 g/mol. The SMILES string of the molecule is OCCCc1c[n+](CCCO)cn1CCCO. The van der Waals surface area contributed by atoms with Crippen molar-refractivity contribution in [3.63, 3.8) is 0 Å². The summed E-state index contributed by atoms with van der Waals surface area (Å²) in [5, 5.41) is 26.5. The van der Waals surface area contributed by atoms with Gasteiger partial charge in [-0.3, -0.25) is 0 Å². The van der Waals surface area contributed by atoms with E-state index in [0.717, 1.165) is 38.8 Å². The number of hydrogen-bond acceptors (Lipinski definition) is 3. The number of aliphatic hydroxyl groups is 3. The monoisotopic (exact) mass is 243 g/mol. The molecule has 0 atom stereocenters. The molecule has 0 aliphatic heterocycles. The minimum absolute atomic E-state index is 0.189. The molecule has 0 saturated heterocycles. The third kappa shape index (κ3) is 4.85. The Bertz CT molecular complexity index is 287. The van der Waals surface area contributed by atoms with Crippen molar-refractivity contribution in [2.75, 3.05) is 19.8 Å². The van der Waals surface area contributed by atoms with Gasteiger partial charge in [-0.1, -0.05) is 0 Å². The van der Waals surface area contributed by atoms with Gasteiger partial charge < -0.3 is 15.3 Å². The van der Waals surface area contributed by atoms with Crippen molar-refractivity contribution in [2.45, 2.75) is 38.8 Å². The predicted octanol–water partition coefficient (Wildman–Crippen LogP) is -0.535. The first-order chi connectivity index (χ1) is 8.31. The van der Waals surface area contributed by atoms with Crippen molar-refractivity contribution < 1.29 is 19.9 Å². The fraction of sp³-hybridized carbons (Fsp3) is 0.750. The summed E-state index contributed by atoms with van der Waals surface area (Å²) < 4.78 is 4.17. The van der Waals surface area contributed by atoms with Gasteiger partial charge in [0, 0.05) is 39.1 Å². The van der Waals surface area contributed by atoms with Gasteiger partial charge in [-0.15, -0.1) is 0 Å². The van der Waals surface area contributed by atoms with Gasteiger partial charge in [0.2, 0.25) is 6.33 Å². The zero-order valence-electron chi connectivity index (χ0n) is 10.3. The molecule has 5 heteroatoms. The van der Waals surface area contributed by atoms with Gasteiger partial charge in [0.05, 0.1) is 13.1 Å². The summed E-state index contributed by atoms with van der Waals surface area (Å²) in [5.74, 6) is 0. The van der Waals surface area contributed by atoms with Crippen LogP contribution in [0.1, 0.15) is 25.0 Å². The number of aryl methyl sites for hydroxylation is 3. The molecule has 0 unspecified atom stereocenters. The first-order valence-electron chi connectivity index (χ1n) is 6.22. The second-order valence-electron chi connectivity index (χ2n) is 4.15. The second kappa shape index (κ2) is 8.22. The van der Waals surface area contributed by atoms with Crippen LogP contribution in [0.15, 0.2) is 12.5 Å². The highest BCUT2D eigenvalue weighted by atomic mass is 16.3. The van der Waals surface area contributed by atoms with Crippen LogP contribution in [0, 0.1) is 0 Å². The number of aliphatic hydroxyl groups excluding tert-OH is 3. The van der Waals surface area contributed by atoms with Gasteiger partial charge in [0.15, 0.2) is 0 Å². The molecule has 0 amide bonds. The Hall–Kier alpha value is -0.910. The van der Waals surface area contributed by atoms with Crippen LogP contribution in [0.5, 0.6) is 0 Å². The molecular weight excluding hydrogens is 220 g/mol. The van der Waals surface area contributed by atoms with E-state index in [-0.39, 0.29) is 19.8 Å². The molecule has 3 N–H and O–H groups in total. The number of nitrogens with zero attached hydrogens (tertiary/aromatic N) is 2. The minimum atomic E-state index is 0.189. The van der Waals surface area contributed by atoms with Gasteiger partial charge in [-0.05, 0) is 6.42 Å². The van der Waals surface area contributed by atoms with E-state index in [1.165, 1.54) is 5.69 Å².